The maximum Gasteiger partial charge on any atom is 0.347 e. The maximum atomic E-state index is 11.4. The van der Waals surface area contributed by atoms with Gasteiger partial charge in [-0.1, -0.05) is 36.9 Å². The van der Waals surface area contributed by atoms with Crippen molar-refractivity contribution in [3.05, 3.63) is 48.6 Å². The van der Waals surface area contributed by atoms with Gasteiger partial charge >= 0.3 is 11.9 Å². The Bertz CT molecular complexity index is 397. The van der Waals surface area contributed by atoms with Gasteiger partial charge in [-0.15, -0.1) is 0 Å². The first-order valence-electron chi connectivity index (χ1n) is 5.12. The molecule has 0 saturated heterocycles. The van der Waals surface area contributed by atoms with Gasteiger partial charge < -0.3 is 9.47 Å². The molecule has 0 aliphatic rings. The van der Waals surface area contributed by atoms with Crippen LogP contribution in [0.4, 0.5) is 0 Å². The number of hydrogen-bond acceptors (Lipinski definition) is 4. The second-order valence-electron chi connectivity index (χ2n) is 3.34. The van der Waals surface area contributed by atoms with Crippen molar-refractivity contribution in [1.29, 1.82) is 0 Å². The van der Waals surface area contributed by atoms with Gasteiger partial charge in [0.1, 0.15) is 0 Å². The summed E-state index contributed by atoms with van der Waals surface area (Å²) in [7, 11) is 1.25. The Balaban J connectivity index is 2.73. The summed E-state index contributed by atoms with van der Waals surface area (Å²) in [6.07, 6.45) is 0.362. The SMILES string of the molecule is C=CC(=O)OC(Cc1ccccc1)C(=O)OC. The van der Waals surface area contributed by atoms with Crippen LogP contribution in [0.2, 0.25) is 0 Å². The molecule has 0 aliphatic carbocycles. The van der Waals surface area contributed by atoms with E-state index in [2.05, 4.69) is 11.3 Å². The maximum absolute atomic E-state index is 11.4. The van der Waals surface area contributed by atoms with Crippen LogP contribution in [0.1, 0.15) is 5.56 Å². The van der Waals surface area contributed by atoms with Crippen LogP contribution in [0.15, 0.2) is 43.0 Å². The van der Waals surface area contributed by atoms with Crippen molar-refractivity contribution in [3.63, 3.8) is 0 Å². The fourth-order valence-electron chi connectivity index (χ4n) is 1.32. The van der Waals surface area contributed by atoms with Gasteiger partial charge in [0.25, 0.3) is 0 Å². The Morgan fingerprint density at radius 3 is 2.53 bits per heavy atom. The topological polar surface area (TPSA) is 52.6 Å². The fraction of sp³-hybridized carbons (Fsp3) is 0.231. The molecular weight excluding hydrogens is 220 g/mol. The monoisotopic (exact) mass is 234 g/mol. The normalized spacial score (nSPS) is 11.4. The smallest absolute Gasteiger partial charge is 0.347 e. The van der Waals surface area contributed by atoms with E-state index in [1.54, 1.807) is 0 Å². The van der Waals surface area contributed by atoms with Crippen LogP contribution in [0.5, 0.6) is 0 Å². The van der Waals surface area contributed by atoms with E-state index < -0.39 is 18.0 Å². The molecule has 1 atom stereocenters. The highest BCUT2D eigenvalue weighted by atomic mass is 16.6. The van der Waals surface area contributed by atoms with Gasteiger partial charge in [0.15, 0.2) is 0 Å². The lowest BCUT2D eigenvalue weighted by molar-refractivity contribution is -0.162. The molecule has 0 spiro atoms. The molecule has 90 valence electrons. The van der Waals surface area contributed by atoms with E-state index in [1.165, 1.54) is 7.11 Å². The summed E-state index contributed by atoms with van der Waals surface area (Å²) >= 11 is 0. The Morgan fingerprint density at radius 1 is 1.35 bits per heavy atom. The molecule has 1 aromatic carbocycles. The van der Waals surface area contributed by atoms with E-state index in [-0.39, 0.29) is 6.42 Å². The molecule has 1 rings (SSSR count). The molecule has 0 N–H and O–H groups in total. The largest absolute Gasteiger partial charge is 0.466 e. The van der Waals surface area contributed by atoms with E-state index in [9.17, 15) is 9.59 Å². The minimum atomic E-state index is -0.937. The second kappa shape index (κ2) is 6.48. The van der Waals surface area contributed by atoms with Crippen molar-refractivity contribution in [2.24, 2.45) is 0 Å². The number of methoxy groups -OCH3 is 1. The molecule has 0 aliphatic heterocycles. The van der Waals surface area contributed by atoms with Gasteiger partial charge in [0, 0.05) is 12.5 Å². The van der Waals surface area contributed by atoms with Crippen LogP contribution < -0.4 is 0 Å². The van der Waals surface area contributed by atoms with Crippen molar-refractivity contribution in [1.82, 2.24) is 0 Å². The van der Waals surface area contributed by atoms with E-state index in [1.807, 2.05) is 30.3 Å². The predicted octanol–water partition coefficient (Wildman–Crippen LogP) is 1.50. The number of esters is 2. The summed E-state index contributed by atoms with van der Waals surface area (Å²) < 4.78 is 9.50. The Hall–Kier alpha value is -2.10. The number of ether oxygens (including phenoxy) is 2. The van der Waals surface area contributed by atoms with Crippen LogP contribution >= 0.6 is 0 Å². The number of benzene rings is 1. The summed E-state index contributed by atoms with van der Waals surface area (Å²) in [5.41, 5.74) is 0.889. The van der Waals surface area contributed by atoms with Crippen LogP contribution in [0.25, 0.3) is 0 Å². The number of hydrogen-bond donors (Lipinski definition) is 0. The molecule has 4 heteroatoms. The van der Waals surface area contributed by atoms with Crippen molar-refractivity contribution in [3.8, 4) is 0 Å². The molecule has 1 unspecified atom stereocenters. The molecule has 0 radical (unpaired) electrons. The lowest BCUT2D eigenvalue weighted by atomic mass is 10.1. The van der Waals surface area contributed by atoms with Crippen molar-refractivity contribution in [2.75, 3.05) is 7.11 Å². The molecule has 0 amide bonds. The van der Waals surface area contributed by atoms with Gasteiger partial charge in [0.2, 0.25) is 6.10 Å². The van der Waals surface area contributed by atoms with Crippen molar-refractivity contribution >= 4 is 11.9 Å². The van der Waals surface area contributed by atoms with E-state index in [4.69, 9.17) is 4.74 Å². The summed E-state index contributed by atoms with van der Waals surface area (Å²) in [5.74, 6) is -1.22. The van der Waals surface area contributed by atoms with Crippen molar-refractivity contribution in [2.45, 2.75) is 12.5 Å². The van der Waals surface area contributed by atoms with Gasteiger partial charge in [-0.05, 0) is 5.56 Å². The van der Waals surface area contributed by atoms with E-state index in [0.29, 0.717) is 0 Å². The third-order valence-corrected chi connectivity index (χ3v) is 2.15. The molecule has 0 heterocycles. The highest BCUT2D eigenvalue weighted by Gasteiger charge is 2.23. The molecular formula is C13H14O4. The van der Waals surface area contributed by atoms with Gasteiger partial charge in [-0.2, -0.15) is 0 Å². The van der Waals surface area contributed by atoms with Crippen LogP contribution in [0, 0.1) is 0 Å². The number of carbonyl (C=O) groups is 2. The zero-order valence-corrected chi connectivity index (χ0v) is 9.59. The fourth-order valence-corrected chi connectivity index (χ4v) is 1.32. The average molecular weight is 234 g/mol. The summed E-state index contributed by atoms with van der Waals surface area (Å²) in [5, 5.41) is 0. The quantitative estimate of drug-likeness (QED) is 0.572. The minimum absolute atomic E-state index is 0.285. The molecule has 0 saturated carbocycles. The molecule has 0 fully saturated rings. The first kappa shape index (κ1) is 13.0. The van der Waals surface area contributed by atoms with Crippen LogP contribution in [0.3, 0.4) is 0 Å². The lowest BCUT2D eigenvalue weighted by Gasteiger charge is -2.14. The molecule has 0 bridgehead atoms. The zero-order valence-electron chi connectivity index (χ0n) is 9.59. The third-order valence-electron chi connectivity index (χ3n) is 2.15. The second-order valence-corrected chi connectivity index (χ2v) is 3.34. The van der Waals surface area contributed by atoms with E-state index in [0.717, 1.165) is 11.6 Å². The van der Waals surface area contributed by atoms with Gasteiger partial charge in [-0.25, -0.2) is 9.59 Å². The first-order chi connectivity index (χ1) is 8.17. The third kappa shape index (κ3) is 4.10. The number of carbonyl (C=O) groups excluding carboxylic acids is 2. The summed E-state index contributed by atoms with van der Waals surface area (Å²) in [6.45, 7) is 3.28. The van der Waals surface area contributed by atoms with Gasteiger partial charge in [0.05, 0.1) is 7.11 Å². The highest BCUT2D eigenvalue weighted by Crippen LogP contribution is 2.08. The molecule has 0 aromatic heterocycles. The molecule has 4 nitrogen and oxygen atoms in total. The standard InChI is InChI=1S/C13H14O4/c1-3-12(14)17-11(13(15)16-2)9-10-7-5-4-6-8-10/h3-8,11H,1,9H2,2H3. The minimum Gasteiger partial charge on any atom is -0.466 e. The van der Waals surface area contributed by atoms with Crippen molar-refractivity contribution < 1.29 is 19.1 Å². The first-order valence-corrected chi connectivity index (χ1v) is 5.12. The average Bonchev–Trinajstić information content (AvgIpc) is 2.38. The molecule has 17 heavy (non-hydrogen) atoms. The van der Waals surface area contributed by atoms with E-state index >= 15 is 0 Å². The lowest BCUT2D eigenvalue weighted by Crippen LogP contribution is -2.30. The van der Waals surface area contributed by atoms with Gasteiger partial charge in [-0.3, -0.25) is 0 Å². The summed E-state index contributed by atoms with van der Waals surface area (Å²) in [6, 6.07) is 9.25. The Labute approximate surface area is 99.8 Å². The predicted molar refractivity (Wildman–Crippen MR) is 62.2 cm³/mol. The summed E-state index contributed by atoms with van der Waals surface area (Å²) in [4.78, 5) is 22.5. The van der Waals surface area contributed by atoms with Crippen LogP contribution in [-0.2, 0) is 25.5 Å². The van der Waals surface area contributed by atoms with Crippen LogP contribution in [-0.4, -0.2) is 25.2 Å². The Kier molecular flexibility index (Phi) is 4.94. The number of rotatable bonds is 5. The highest BCUT2D eigenvalue weighted by molar-refractivity contribution is 5.85. The zero-order chi connectivity index (χ0) is 12.7. The Morgan fingerprint density at radius 2 is 2.00 bits per heavy atom. The molecule has 1 aromatic rings.